The van der Waals surface area contributed by atoms with Crippen molar-refractivity contribution >= 4 is 28.6 Å². The number of para-hydroxylation sites is 2. The van der Waals surface area contributed by atoms with E-state index in [1.807, 2.05) is 28.8 Å². The maximum atomic E-state index is 11.3. The van der Waals surface area contributed by atoms with Crippen molar-refractivity contribution in [2.24, 2.45) is 0 Å². The molecule has 0 saturated carbocycles. The van der Waals surface area contributed by atoms with Gasteiger partial charge in [-0.25, -0.2) is 10.5 Å². The van der Waals surface area contributed by atoms with E-state index in [4.69, 9.17) is 5.21 Å². The Bertz CT molecular complexity index is 827. The summed E-state index contributed by atoms with van der Waals surface area (Å²) in [7, 11) is 0. The van der Waals surface area contributed by atoms with Crippen molar-refractivity contribution < 1.29 is 15.1 Å². The summed E-state index contributed by atoms with van der Waals surface area (Å²) < 4.78 is 1.89. The number of aliphatic hydroxyl groups is 1. The Hall–Kier alpha value is -2.90. The van der Waals surface area contributed by atoms with Crippen LogP contribution in [0, 0.1) is 0 Å². The topological polar surface area (TPSA) is 99.4 Å². The standard InChI is InChI=1S/C16H16N4O3/c21-10-9-20-14-4-2-1-3-13(14)18-16(20)17-12-7-5-11(6-8-12)15(22)19-23/h1-8,21,23H,9-10H2,(H,17,18)(H,19,22). The minimum absolute atomic E-state index is 0.00461. The zero-order valence-electron chi connectivity index (χ0n) is 12.2. The lowest BCUT2D eigenvalue weighted by Crippen LogP contribution is -2.18. The fourth-order valence-corrected chi connectivity index (χ4v) is 2.40. The zero-order chi connectivity index (χ0) is 16.2. The molecule has 118 valence electrons. The number of aromatic nitrogens is 2. The van der Waals surface area contributed by atoms with E-state index in [-0.39, 0.29) is 6.61 Å². The maximum Gasteiger partial charge on any atom is 0.274 e. The number of nitrogens with one attached hydrogen (secondary N) is 2. The maximum absolute atomic E-state index is 11.3. The van der Waals surface area contributed by atoms with Crippen LogP contribution in [0.4, 0.5) is 11.6 Å². The summed E-state index contributed by atoms with van der Waals surface area (Å²) in [4.78, 5) is 15.8. The number of benzene rings is 2. The molecule has 23 heavy (non-hydrogen) atoms. The third-order valence-corrected chi connectivity index (χ3v) is 3.48. The van der Waals surface area contributed by atoms with Gasteiger partial charge in [-0.3, -0.25) is 10.0 Å². The van der Waals surface area contributed by atoms with E-state index in [1.165, 1.54) is 0 Å². The van der Waals surface area contributed by atoms with Crippen LogP contribution >= 0.6 is 0 Å². The number of nitrogens with zero attached hydrogens (tertiary/aromatic N) is 2. The third-order valence-electron chi connectivity index (χ3n) is 3.48. The molecule has 1 heterocycles. The fraction of sp³-hybridized carbons (Fsp3) is 0.125. The van der Waals surface area contributed by atoms with Gasteiger partial charge in [-0.05, 0) is 36.4 Å². The first-order valence-corrected chi connectivity index (χ1v) is 7.10. The lowest BCUT2D eigenvalue weighted by molar-refractivity contribution is 0.0706. The van der Waals surface area contributed by atoms with E-state index in [9.17, 15) is 9.90 Å². The molecular weight excluding hydrogens is 296 g/mol. The molecule has 0 unspecified atom stereocenters. The summed E-state index contributed by atoms with van der Waals surface area (Å²) in [6.45, 7) is 0.429. The van der Waals surface area contributed by atoms with Crippen LogP contribution in [0.25, 0.3) is 11.0 Å². The summed E-state index contributed by atoms with van der Waals surface area (Å²) in [5, 5.41) is 21.1. The first kappa shape index (κ1) is 15.0. The molecule has 0 atom stereocenters. The number of anilines is 2. The smallest absolute Gasteiger partial charge is 0.274 e. The number of hydrogen-bond donors (Lipinski definition) is 4. The summed E-state index contributed by atoms with van der Waals surface area (Å²) in [6, 6.07) is 14.3. The Morgan fingerprint density at radius 1 is 1.13 bits per heavy atom. The second kappa shape index (κ2) is 6.47. The Kier molecular flexibility index (Phi) is 4.22. The van der Waals surface area contributed by atoms with Crippen LogP contribution in [0.1, 0.15) is 10.4 Å². The van der Waals surface area contributed by atoms with Gasteiger partial charge in [0.05, 0.1) is 17.6 Å². The van der Waals surface area contributed by atoms with Crippen molar-refractivity contribution in [1.29, 1.82) is 0 Å². The first-order valence-electron chi connectivity index (χ1n) is 7.10. The Balaban J connectivity index is 1.91. The van der Waals surface area contributed by atoms with Crippen molar-refractivity contribution in [2.75, 3.05) is 11.9 Å². The normalized spacial score (nSPS) is 10.7. The number of amides is 1. The second-order valence-corrected chi connectivity index (χ2v) is 4.94. The molecule has 1 aromatic heterocycles. The lowest BCUT2D eigenvalue weighted by Gasteiger charge is -2.10. The summed E-state index contributed by atoms with van der Waals surface area (Å²) >= 11 is 0. The molecule has 1 amide bonds. The van der Waals surface area contributed by atoms with Crippen LogP contribution in [-0.2, 0) is 6.54 Å². The van der Waals surface area contributed by atoms with E-state index in [0.29, 0.717) is 18.1 Å². The highest BCUT2D eigenvalue weighted by Gasteiger charge is 2.10. The van der Waals surface area contributed by atoms with Crippen LogP contribution < -0.4 is 10.8 Å². The summed E-state index contributed by atoms with van der Waals surface area (Å²) in [5.74, 6) is 0.0451. The highest BCUT2D eigenvalue weighted by molar-refractivity contribution is 5.93. The van der Waals surface area contributed by atoms with Gasteiger partial charge in [-0.1, -0.05) is 12.1 Å². The molecule has 0 radical (unpaired) electrons. The molecule has 3 aromatic rings. The van der Waals surface area contributed by atoms with Crippen LogP contribution in [0.2, 0.25) is 0 Å². The average Bonchev–Trinajstić information content (AvgIpc) is 2.93. The largest absolute Gasteiger partial charge is 0.395 e. The van der Waals surface area contributed by atoms with Gasteiger partial charge in [0, 0.05) is 17.8 Å². The van der Waals surface area contributed by atoms with Crippen LogP contribution in [0.3, 0.4) is 0 Å². The van der Waals surface area contributed by atoms with Gasteiger partial charge >= 0.3 is 0 Å². The monoisotopic (exact) mass is 312 g/mol. The molecule has 0 aliphatic carbocycles. The quantitative estimate of drug-likeness (QED) is 0.426. The predicted molar refractivity (Wildman–Crippen MR) is 85.8 cm³/mol. The molecule has 7 heteroatoms. The van der Waals surface area contributed by atoms with Gasteiger partial charge in [0.2, 0.25) is 5.95 Å². The number of carbonyl (C=O) groups excluding carboxylic acids is 1. The van der Waals surface area contributed by atoms with E-state index in [2.05, 4.69) is 10.3 Å². The van der Waals surface area contributed by atoms with Crippen molar-refractivity contribution in [3.8, 4) is 0 Å². The molecule has 0 aliphatic rings. The number of aliphatic hydroxyl groups excluding tert-OH is 1. The molecule has 7 nitrogen and oxygen atoms in total. The van der Waals surface area contributed by atoms with Gasteiger partial charge in [0.15, 0.2) is 0 Å². The Morgan fingerprint density at radius 3 is 2.57 bits per heavy atom. The van der Waals surface area contributed by atoms with Gasteiger partial charge in [0.1, 0.15) is 0 Å². The van der Waals surface area contributed by atoms with E-state index >= 15 is 0 Å². The zero-order valence-corrected chi connectivity index (χ0v) is 12.2. The van der Waals surface area contributed by atoms with Gasteiger partial charge < -0.3 is 15.0 Å². The molecule has 3 rings (SSSR count). The van der Waals surface area contributed by atoms with Crippen molar-refractivity contribution in [1.82, 2.24) is 15.0 Å². The molecular formula is C16H16N4O3. The van der Waals surface area contributed by atoms with Gasteiger partial charge in [-0.15, -0.1) is 0 Å². The fourth-order valence-electron chi connectivity index (χ4n) is 2.40. The minimum atomic E-state index is -0.566. The summed E-state index contributed by atoms with van der Waals surface area (Å²) in [5.41, 5.74) is 4.45. The number of hydrogen-bond acceptors (Lipinski definition) is 5. The molecule has 0 fully saturated rings. The second-order valence-electron chi connectivity index (χ2n) is 4.94. The SMILES string of the molecule is O=C(NO)c1ccc(Nc2nc3ccccc3n2CCO)cc1. The van der Waals surface area contributed by atoms with Crippen LogP contribution in [0.15, 0.2) is 48.5 Å². The number of hydroxylamine groups is 1. The molecule has 4 N–H and O–H groups in total. The van der Waals surface area contributed by atoms with Gasteiger partial charge in [0.25, 0.3) is 5.91 Å². The Labute approximate surface area is 132 Å². The molecule has 0 saturated heterocycles. The molecule has 0 bridgehead atoms. The average molecular weight is 312 g/mol. The number of rotatable bonds is 5. The number of carbonyl (C=O) groups is 1. The van der Waals surface area contributed by atoms with Gasteiger partial charge in [-0.2, -0.15) is 0 Å². The van der Waals surface area contributed by atoms with Crippen LogP contribution in [0.5, 0.6) is 0 Å². The highest BCUT2D eigenvalue weighted by atomic mass is 16.5. The van der Waals surface area contributed by atoms with E-state index < -0.39 is 5.91 Å². The molecule has 2 aromatic carbocycles. The Morgan fingerprint density at radius 2 is 1.87 bits per heavy atom. The van der Waals surface area contributed by atoms with E-state index in [0.717, 1.165) is 16.7 Å². The summed E-state index contributed by atoms with van der Waals surface area (Å²) in [6.07, 6.45) is 0. The van der Waals surface area contributed by atoms with E-state index in [1.54, 1.807) is 29.7 Å². The first-order chi connectivity index (χ1) is 11.2. The number of imidazole rings is 1. The predicted octanol–water partition coefficient (Wildman–Crippen LogP) is 1.89. The number of fused-ring (bicyclic) bond motifs is 1. The van der Waals surface area contributed by atoms with Crippen LogP contribution in [-0.4, -0.2) is 32.4 Å². The third kappa shape index (κ3) is 3.01. The molecule has 0 aliphatic heterocycles. The lowest BCUT2D eigenvalue weighted by atomic mass is 10.2. The van der Waals surface area contributed by atoms with Crippen molar-refractivity contribution in [3.63, 3.8) is 0 Å². The van der Waals surface area contributed by atoms with Crippen molar-refractivity contribution in [2.45, 2.75) is 6.54 Å². The minimum Gasteiger partial charge on any atom is -0.395 e. The highest BCUT2D eigenvalue weighted by Crippen LogP contribution is 2.22. The van der Waals surface area contributed by atoms with Crippen molar-refractivity contribution in [3.05, 3.63) is 54.1 Å². The molecule has 0 spiro atoms.